The first-order chi connectivity index (χ1) is 10.2. The van der Waals surface area contributed by atoms with E-state index in [2.05, 4.69) is 42.7 Å². The SMILES string of the molecule is COCc1nc(NN)cc(Nc2ccc(C#N)cc2Br)n1. The number of benzene rings is 1. The smallest absolute Gasteiger partial charge is 0.158 e. The molecule has 0 bridgehead atoms. The second-order valence-electron chi connectivity index (χ2n) is 4.06. The first-order valence-electron chi connectivity index (χ1n) is 5.96. The molecule has 0 unspecified atom stereocenters. The average molecular weight is 349 g/mol. The van der Waals surface area contributed by atoms with Gasteiger partial charge in [0.1, 0.15) is 18.2 Å². The van der Waals surface area contributed by atoms with Crippen molar-refractivity contribution in [2.75, 3.05) is 17.9 Å². The van der Waals surface area contributed by atoms with Gasteiger partial charge in [-0.1, -0.05) is 0 Å². The Labute approximate surface area is 130 Å². The van der Waals surface area contributed by atoms with Gasteiger partial charge in [-0.05, 0) is 34.1 Å². The Balaban J connectivity index is 2.30. The van der Waals surface area contributed by atoms with E-state index in [1.54, 1.807) is 31.4 Å². The van der Waals surface area contributed by atoms with Crippen molar-refractivity contribution in [2.24, 2.45) is 5.84 Å². The van der Waals surface area contributed by atoms with Crippen LogP contribution in [0.2, 0.25) is 0 Å². The topological polar surface area (TPSA) is 109 Å². The molecule has 0 amide bonds. The molecular formula is C13H13BrN6O. The van der Waals surface area contributed by atoms with E-state index >= 15 is 0 Å². The Morgan fingerprint density at radius 2 is 2.10 bits per heavy atom. The lowest BCUT2D eigenvalue weighted by Gasteiger charge is -2.11. The number of nitrogens with one attached hydrogen (secondary N) is 2. The molecule has 2 rings (SSSR count). The summed E-state index contributed by atoms with van der Waals surface area (Å²) in [6.45, 7) is 0.277. The van der Waals surface area contributed by atoms with Crippen LogP contribution >= 0.6 is 15.9 Å². The molecule has 2 aromatic rings. The van der Waals surface area contributed by atoms with Crippen molar-refractivity contribution in [3.05, 3.63) is 40.1 Å². The molecule has 0 atom stereocenters. The number of hydrazine groups is 1. The maximum absolute atomic E-state index is 8.86. The molecule has 1 aromatic carbocycles. The molecule has 108 valence electrons. The van der Waals surface area contributed by atoms with Gasteiger partial charge in [-0.25, -0.2) is 15.8 Å². The summed E-state index contributed by atoms with van der Waals surface area (Å²) in [5, 5.41) is 12.0. The number of aromatic nitrogens is 2. The van der Waals surface area contributed by atoms with Crippen LogP contribution in [0.4, 0.5) is 17.3 Å². The number of nitrogens with zero attached hydrogens (tertiary/aromatic N) is 3. The van der Waals surface area contributed by atoms with Crippen LogP contribution in [0.25, 0.3) is 0 Å². The fourth-order valence-electron chi connectivity index (χ4n) is 1.65. The summed E-state index contributed by atoms with van der Waals surface area (Å²) in [5.41, 5.74) is 3.83. The summed E-state index contributed by atoms with van der Waals surface area (Å²) >= 11 is 3.41. The molecule has 0 aliphatic heterocycles. The molecular weight excluding hydrogens is 336 g/mol. The van der Waals surface area contributed by atoms with Crippen LogP contribution in [-0.4, -0.2) is 17.1 Å². The molecule has 0 radical (unpaired) electrons. The molecule has 0 aliphatic carbocycles. The largest absolute Gasteiger partial charge is 0.377 e. The monoisotopic (exact) mass is 348 g/mol. The number of nitrogen functional groups attached to an aromatic ring is 1. The number of halogens is 1. The van der Waals surface area contributed by atoms with E-state index in [9.17, 15) is 0 Å². The van der Waals surface area contributed by atoms with Crippen molar-refractivity contribution in [2.45, 2.75) is 6.61 Å². The number of anilines is 3. The number of nitrogens with two attached hydrogens (primary N) is 1. The lowest BCUT2D eigenvalue weighted by molar-refractivity contribution is 0.178. The highest BCUT2D eigenvalue weighted by Gasteiger charge is 2.07. The lowest BCUT2D eigenvalue weighted by Crippen LogP contribution is -2.12. The zero-order valence-corrected chi connectivity index (χ0v) is 12.8. The summed E-state index contributed by atoms with van der Waals surface area (Å²) in [7, 11) is 1.57. The summed E-state index contributed by atoms with van der Waals surface area (Å²) < 4.78 is 5.78. The van der Waals surface area contributed by atoms with Crippen LogP contribution in [0.1, 0.15) is 11.4 Å². The predicted molar refractivity (Wildman–Crippen MR) is 82.7 cm³/mol. The van der Waals surface area contributed by atoms with Crippen molar-refractivity contribution in [1.29, 1.82) is 5.26 Å². The maximum atomic E-state index is 8.86. The molecule has 8 heteroatoms. The number of hydrogen-bond acceptors (Lipinski definition) is 7. The van der Waals surface area contributed by atoms with E-state index in [-0.39, 0.29) is 6.61 Å². The van der Waals surface area contributed by atoms with Crippen molar-refractivity contribution < 1.29 is 4.74 Å². The third-order valence-corrected chi connectivity index (χ3v) is 3.21. The highest BCUT2D eigenvalue weighted by molar-refractivity contribution is 9.10. The second-order valence-corrected chi connectivity index (χ2v) is 4.92. The molecule has 21 heavy (non-hydrogen) atoms. The first kappa shape index (κ1) is 15.2. The minimum Gasteiger partial charge on any atom is -0.377 e. The Hall–Kier alpha value is -2.21. The van der Waals surface area contributed by atoms with Crippen LogP contribution in [0.15, 0.2) is 28.7 Å². The van der Waals surface area contributed by atoms with Gasteiger partial charge in [-0.15, -0.1) is 0 Å². The van der Waals surface area contributed by atoms with Crippen LogP contribution in [-0.2, 0) is 11.3 Å². The molecule has 0 aliphatic rings. The van der Waals surface area contributed by atoms with E-state index in [4.69, 9.17) is 15.8 Å². The number of rotatable bonds is 5. The van der Waals surface area contributed by atoms with Gasteiger partial charge < -0.3 is 15.5 Å². The van der Waals surface area contributed by atoms with Crippen molar-refractivity contribution >= 4 is 33.3 Å². The number of nitriles is 1. The van der Waals surface area contributed by atoms with Gasteiger partial charge in [0, 0.05) is 17.6 Å². The van der Waals surface area contributed by atoms with E-state index in [1.807, 2.05) is 0 Å². The van der Waals surface area contributed by atoms with Crippen molar-refractivity contribution in [1.82, 2.24) is 9.97 Å². The third-order valence-electron chi connectivity index (χ3n) is 2.55. The van der Waals surface area contributed by atoms with Crippen molar-refractivity contribution in [3.8, 4) is 6.07 Å². The third kappa shape index (κ3) is 3.88. The van der Waals surface area contributed by atoms with Gasteiger partial charge in [0.15, 0.2) is 5.82 Å². The maximum Gasteiger partial charge on any atom is 0.158 e. The summed E-state index contributed by atoms with van der Waals surface area (Å²) in [6.07, 6.45) is 0. The van der Waals surface area contributed by atoms with Gasteiger partial charge in [0.05, 0.1) is 17.3 Å². The van der Waals surface area contributed by atoms with Crippen molar-refractivity contribution in [3.63, 3.8) is 0 Å². The van der Waals surface area contributed by atoms with Gasteiger partial charge >= 0.3 is 0 Å². The first-order valence-corrected chi connectivity index (χ1v) is 6.75. The highest BCUT2D eigenvalue weighted by Crippen LogP contribution is 2.26. The van der Waals surface area contributed by atoms with E-state index in [1.165, 1.54) is 0 Å². The molecule has 0 saturated carbocycles. The summed E-state index contributed by atoms with van der Waals surface area (Å²) in [4.78, 5) is 8.49. The standard InChI is InChI=1S/C13H13BrN6O/c1-21-7-13-18-11(5-12(19-13)20-16)17-10-3-2-8(6-15)4-9(10)14/h2-5H,7,16H2,1H3,(H2,17,18,19,20). The molecule has 0 saturated heterocycles. The van der Waals surface area contributed by atoms with Crippen LogP contribution < -0.4 is 16.6 Å². The van der Waals surface area contributed by atoms with Gasteiger partial charge in [0.25, 0.3) is 0 Å². The number of hydrogen-bond donors (Lipinski definition) is 3. The predicted octanol–water partition coefficient (Wildman–Crippen LogP) is 2.29. The lowest BCUT2D eigenvalue weighted by atomic mass is 10.2. The minimum atomic E-state index is 0.277. The van der Waals surface area contributed by atoms with Crippen LogP contribution in [0.3, 0.4) is 0 Å². The zero-order chi connectivity index (χ0) is 15.2. The summed E-state index contributed by atoms with van der Waals surface area (Å²) in [5.74, 6) is 6.93. The minimum absolute atomic E-state index is 0.277. The van der Waals surface area contributed by atoms with E-state index in [0.717, 1.165) is 10.2 Å². The summed E-state index contributed by atoms with van der Waals surface area (Å²) in [6, 6.07) is 8.97. The fraction of sp³-hybridized carbons (Fsp3) is 0.154. The van der Waals surface area contributed by atoms with Crippen LogP contribution in [0, 0.1) is 11.3 Å². The Bertz CT molecular complexity index is 685. The Morgan fingerprint density at radius 1 is 1.33 bits per heavy atom. The molecule has 0 spiro atoms. The fourth-order valence-corrected chi connectivity index (χ4v) is 2.13. The second kappa shape index (κ2) is 6.99. The quantitative estimate of drug-likeness (QED) is 0.561. The molecule has 7 nitrogen and oxygen atoms in total. The van der Waals surface area contributed by atoms with Gasteiger partial charge in [-0.2, -0.15) is 5.26 Å². The molecule has 0 fully saturated rings. The Kier molecular flexibility index (Phi) is 5.05. The number of ether oxygens (including phenoxy) is 1. The van der Waals surface area contributed by atoms with E-state index < -0.39 is 0 Å². The Morgan fingerprint density at radius 3 is 2.71 bits per heavy atom. The average Bonchev–Trinajstić information content (AvgIpc) is 2.49. The zero-order valence-electron chi connectivity index (χ0n) is 11.2. The number of methoxy groups -OCH3 is 1. The van der Waals surface area contributed by atoms with Crippen LogP contribution in [0.5, 0.6) is 0 Å². The van der Waals surface area contributed by atoms with E-state index in [0.29, 0.717) is 23.0 Å². The molecule has 1 heterocycles. The van der Waals surface area contributed by atoms with Gasteiger partial charge in [0.2, 0.25) is 0 Å². The highest BCUT2D eigenvalue weighted by atomic mass is 79.9. The normalized spacial score (nSPS) is 10.0. The van der Waals surface area contributed by atoms with Gasteiger partial charge in [-0.3, -0.25) is 0 Å². The molecule has 1 aromatic heterocycles. The molecule has 4 N–H and O–H groups in total.